The molecule has 2 aromatic heterocycles. The molecule has 0 radical (unpaired) electrons. The van der Waals surface area contributed by atoms with Gasteiger partial charge in [0.1, 0.15) is 5.82 Å². The molecule has 0 aliphatic rings. The largest absolute Gasteiger partial charge is 0.439 e. The highest BCUT2D eigenvalue weighted by Crippen LogP contribution is 2.21. The molecule has 8 nitrogen and oxygen atoms in total. The van der Waals surface area contributed by atoms with Crippen molar-refractivity contribution in [3.63, 3.8) is 0 Å². The van der Waals surface area contributed by atoms with E-state index in [0.29, 0.717) is 11.3 Å². The highest BCUT2D eigenvalue weighted by atomic mass is 19.1. The Morgan fingerprint density at radius 1 is 1.20 bits per heavy atom. The number of nitrogens with zero attached hydrogens (tertiary/aromatic N) is 3. The van der Waals surface area contributed by atoms with E-state index in [1.54, 1.807) is 41.1 Å². The van der Waals surface area contributed by atoms with Crippen LogP contribution >= 0.6 is 0 Å². The van der Waals surface area contributed by atoms with Crippen LogP contribution in [0.3, 0.4) is 0 Å². The normalized spacial score (nSPS) is 10.9. The van der Waals surface area contributed by atoms with E-state index >= 15 is 0 Å². The maximum absolute atomic E-state index is 13.2. The summed E-state index contributed by atoms with van der Waals surface area (Å²) < 4.78 is 19.4. The van der Waals surface area contributed by atoms with Gasteiger partial charge in [0.2, 0.25) is 5.91 Å². The first-order valence-electron chi connectivity index (χ1n) is 9.18. The second kappa shape index (κ2) is 7.78. The Labute approximate surface area is 170 Å². The van der Waals surface area contributed by atoms with E-state index in [1.165, 1.54) is 12.1 Å². The van der Waals surface area contributed by atoms with Gasteiger partial charge in [-0.1, -0.05) is 17.3 Å². The van der Waals surface area contributed by atoms with E-state index < -0.39 is 5.76 Å². The van der Waals surface area contributed by atoms with Crippen LogP contribution < -0.4 is 11.1 Å². The summed E-state index contributed by atoms with van der Waals surface area (Å²) in [5, 5.41) is 11.0. The van der Waals surface area contributed by atoms with E-state index in [9.17, 15) is 14.0 Å². The number of anilines is 1. The lowest BCUT2D eigenvalue weighted by atomic mass is 10.1. The SMILES string of the molecule is Cc1nn(-c2ccc(F)cc2)c(C)c1CC(=O)Nc1cccc(-c2noc(=O)[nH]2)c1. The maximum Gasteiger partial charge on any atom is 0.439 e. The summed E-state index contributed by atoms with van der Waals surface area (Å²) in [6.45, 7) is 3.70. The number of aryl methyl sites for hydroxylation is 1. The average molecular weight is 407 g/mol. The van der Waals surface area contributed by atoms with Crippen molar-refractivity contribution in [1.82, 2.24) is 19.9 Å². The Morgan fingerprint density at radius 2 is 1.97 bits per heavy atom. The van der Waals surface area contributed by atoms with Crippen molar-refractivity contribution in [1.29, 1.82) is 0 Å². The summed E-state index contributed by atoms with van der Waals surface area (Å²) in [5.41, 5.74) is 4.22. The number of halogens is 1. The first-order valence-corrected chi connectivity index (χ1v) is 9.18. The topological polar surface area (TPSA) is 106 Å². The van der Waals surface area contributed by atoms with Gasteiger partial charge in [0.05, 0.1) is 17.8 Å². The predicted octanol–water partition coefficient (Wildman–Crippen LogP) is 3.15. The molecule has 0 fully saturated rings. The van der Waals surface area contributed by atoms with Crippen molar-refractivity contribution in [2.45, 2.75) is 20.3 Å². The van der Waals surface area contributed by atoms with E-state index in [0.717, 1.165) is 22.6 Å². The number of rotatable bonds is 5. The minimum absolute atomic E-state index is 0.129. The number of aromatic amines is 1. The number of carbonyl (C=O) groups excluding carboxylic acids is 1. The van der Waals surface area contributed by atoms with Gasteiger partial charge in [0.25, 0.3) is 0 Å². The zero-order valence-electron chi connectivity index (χ0n) is 16.3. The number of hydrogen-bond acceptors (Lipinski definition) is 5. The quantitative estimate of drug-likeness (QED) is 0.529. The van der Waals surface area contributed by atoms with Crippen LogP contribution in [0.1, 0.15) is 17.0 Å². The zero-order chi connectivity index (χ0) is 21.3. The predicted molar refractivity (Wildman–Crippen MR) is 108 cm³/mol. The van der Waals surface area contributed by atoms with Gasteiger partial charge in [0, 0.05) is 22.5 Å². The van der Waals surface area contributed by atoms with Crippen LogP contribution in [-0.2, 0) is 11.2 Å². The summed E-state index contributed by atoms with van der Waals surface area (Å²) in [6.07, 6.45) is 0.129. The Balaban J connectivity index is 1.52. The average Bonchev–Trinajstić information content (AvgIpc) is 3.27. The van der Waals surface area contributed by atoms with Gasteiger partial charge in [0.15, 0.2) is 5.82 Å². The van der Waals surface area contributed by atoms with Gasteiger partial charge in [-0.2, -0.15) is 5.10 Å². The maximum atomic E-state index is 13.2. The fraction of sp³-hybridized carbons (Fsp3) is 0.143. The molecule has 4 rings (SSSR count). The number of carbonyl (C=O) groups is 1. The molecule has 0 saturated carbocycles. The first-order chi connectivity index (χ1) is 14.4. The van der Waals surface area contributed by atoms with Crippen LogP contribution in [-0.4, -0.2) is 25.8 Å². The monoisotopic (exact) mass is 407 g/mol. The summed E-state index contributed by atoms with van der Waals surface area (Å²) in [6, 6.07) is 12.9. The first kappa shape index (κ1) is 19.3. The Bertz CT molecular complexity index is 1270. The number of H-pyrrole nitrogens is 1. The van der Waals surface area contributed by atoms with Crippen molar-refractivity contribution < 1.29 is 13.7 Å². The smallest absolute Gasteiger partial charge is 0.326 e. The minimum Gasteiger partial charge on any atom is -0.326 e. The van der Waals surface area contributed by atoms with Crippen molar-refractivity contribution in [3.05, 3.63) is 81.9 Å². The van der Waals surface area contributed by atoms with Crippen molar-refractivity contribution in [3.8, 4) is 17.1 Å². The molecule has 30 heavy (non-hydrogen) atoms. The van der Waals surface area contributed by atoms with Crippen molar-refractivity contribution >= 4 is 11.6 Å². The molecule has 0 spiro atoms. The second-order valence-electron chi connectivity index (χ2n) is 6.79. The van der Waals surface area contributed by atoms with Gasteiger partial charge in [-0.05, 0) is 50.2 Å². The van der Waals surface area contributed by atoms with Gasteiger partial charge >= 0.3 is 5.76 Å². The molecule has 152 valence electrons. The molecule has 0 unspecified atom stereocenters. The molecule has 0 aliphatic heterocycles. The van der Waals surface area contributed by atoms with E-state index in [4.69, 9.17) is 0 Å². The molecule has 0 bridgehead atoms. The zero-order valence-corrected chi connectivity index (χ0v) is 16.3. The summed E-state index contributed by atoms with van der Waals surface area (Å²) >= 11 is 0. The van der Waals surface area contributed by atoms with Gasteiger partial charge in [-0.25, -0.2) is 13.9 Å². The minimum atomic E-state index is -0.649. The third-order valence-electron chi connectivity index (χ3n) is 4.71. The van der Waals surface area contributed by atoms with Gasteiger partial charge < -0.3 is 5.32 Å². The van der Waals surface area contributed by atoms with Crippen LogP contribution in [0, 0.1) is 19.7 Å². The van der Waals surface area contributed by atoms with Crippen molar-refractivity contribution in [2.24, 2.45) is 0 Å². The number of hydrogen-bond donors (Lipinski definition) is 2. The van der Waals surface area contributed by atoms with Crippen molar-refractivity contribution in [2.75, 3.05) is 5.32 Å². The lowest BCUT2D eigenvalue weighted by Crippen LogP contribution is -2.15. The third kappa shape index (κ3) is 3.90. The highest BCUT2D eigenvalue weighted by molar-refractivity contribution is 5.93. The molecule has 2 aromatic carbocycles. The van der Waals surface area contributed by atoms with Crippen LogP contribution in [0.4, 0.5) is 10.1 Å². The summed E-state index contributed by atoms with van der Waals surface area (Å²) in [7, 11) is 0. The highest BCUT2D eigenvalue weighted by Gasteiger charge is 2.16. The van der Waals surface area contributed by atoms with E-state index in [1.807, 2.05) is 13.8 Å². The molecule has 9 heteroatoms. The van der Waals surface area contributed by atoms with E-state index in [2.05, 4.69) is 25.1 Å². The van der Waals surface area contributed by atoms with Crippen LogP contribution in [0.5, 0.6) is 0 Å². The number of nitrogens with one attached hydrogen (secondary N) is 2. The molecule has 1 amide bonds. The lowest BCUT2D eigenvalue weighted by molar-refractivity contribution is -0.115. The molecule has 0 aliphatic carbocycles. The van der Waals surface area contributed by atoms with Crippen LogP contribution in [0.2, 0.25) is 0 Å². The second-order valence-corrected chi connectivity index (χ2v) is 6.79. The van der Waals surface area contributed by atoms with Crippen LogP contribution in [0.25, 0.3) is 17.1 Å². The van der Waals surface area contributed by atoms with Gasteiger partial charge in [-0.15, -0.1) is 0 Å². The molecular weight excluding hydrogens is 389 g/mol. The molecule has 0 saturated heterocycles. The number of benzene rings is 2. The fourth-order valence-electron chi connectivity index (χ4n) is 3.23. The molecule has 2 N–H and O–H groups in total. The fourth-order valence-corrected chi connectivity index (χ4v) is 3.23. The Morgan fingerprint density at radius 3 is 2.67 bits per heavy atom. The van der Waals surface area contributed by atoms with E-state index in [-0.39, 0.29) is 24.0 Å². The van der Waals surface area contributed by atoms with Crippen LogP contribution in [0.15, 0.2) is 57.8 Å². The number of amides is 1. The number of aromatic nitrogens is 4. The molecule has 4 aromatic rings. The standard InChI is InChI=1S/C21H18FN5O3/c1-12-18(13(2)27(25-12)17-8-6-15(22)7-9-17)11-19(28)23-16-5-3-4-14(10-16)20-24-21(29)30-26-20/h3-10H,11H2,1-2H3,(H,23,28)(H,24,26,29). The molecule has 2 heterocycles. The molecular formula is C21H18FN5O3. The van der Waals surface area contributed by atoms with Gasteiger partial charge in [-0.3, -0.25) is 14.3 Å². The summed E-state index contributed by atoms with van der Waals surface area (Å²) in [4.78, 5) is 26.2. The third-order valence-corrected chi connectivity index (χ3v) is 4.71. The summed E-state index contributed by atoms with van der Waals surface area (Å²) in [5.74, 6) is -0.908. The lowest BCUT2D eigenvalue weighted by Gasteiger charge is -2.08. The Hall–Kier alpha value is -4.01. The Kier molecular flexibility index (Phi) is 5.01. The molecule has 0 atom stereocenters.